The zero-order valence-electron chi connectivity index (χ0n) is 16.3. The zero-order chi connectivity index (χ0) is 21.0. The van der Waals surface area contributed by atoms with Crippen molar-refractivity contribution in [1.82, 2.24) is 14.9 Å². The number of anilines is 3. The van der Waals surface area contributed by atoms with Crippen molar-refractivity contribution in [3.8, 4) is 11.1 Å². The number of aromatic nitrogens is 2. The van der Waals surface area contributed by atoms with Crippen molar-refractivity contribution >= 4 is 29.2 Å². The van der Waals surface area contributed by atoms with Crippen molar-refractivity contribution in [3.05, 3.63) is 66.6 Å². The summed E-state index contributed by atoms with van der Waals surface area (Å²) in [6, 6.07) is 12.8. The molecule has 148 valence electrons. The molecule has 0 aliphatic rings. The molecule has 0 atom stereocenters. The molecule has 0 aliphatic carbocycles. The maximum Gasteiger partial charge on any atom is 0.411 e. The van der Waals surface area contributed by atoms with Crippen molar-refractivity contribution in [2.24, 2.45) is 0 Å². The molecular weight excluding hydrogens is 370 g/mol. The predicted molar refractivity (Wildman–Crippen MR) is 112 cm³/mol. The fraction of sp³-hybridized carbons (Fsp3) is 0.143. The SMILES string of the molecule is CN(C)C(=O)c1ccc(-c2ccc(Nc3cncc(N(C)C(=O)O)c3)nc2)cc1. The first-order valence-corrected chi connectivity index (χ1v) is 8.82. The van der Waals surface area contributed by atoms with Gasteiger partial charge in [-0.2, -0.15) is 0 Å². The van der Waals surface area contributed by atoms with Crippen LogP contribution < -0.4 is 10.2 Å². The Morgan fingerprint density at radius 3 is 2.21 bits per heavy atom. The summed E-state index contributed by atoms with van der Waals surface area (Å²) >= 11 is 0. The van der Waals surface area contributed by atoms with Gasteiger partial charge in [0.15, 0.2) is 0 Å². The first-order valence-electron chi connectivity index (χ1n) is 8.82. The Morgan fingerprint density at radius 1 is 0.931 bits per heavy atom. The second kappa shape index (κ2) is 8.39. The number of carbonyl (C=O) groups excluding carboxylic acids is 1. The lowest BCUT2D eigenvalue weighted by Gasteiger charge is -2.14. The Bertz CT molecular complexity index is 1020. The molecule has 3 aromatic rings. The zero-order valence-corrected chi connectivity index (χ0v) is 16.3. The molecule has 8 heteroatoms. The highest BCUT2D eigenvalue weighted by atomic mass is 16.4. The molecule has 0 saturated carbocycles. The minimum atomic E-state index is -1.07. The van der Waals surface area contributed by atoms with E-state index in [9.17, 15) is 9.59 Å². The first kappa shape index (κ1) is 19.8. The number of benzene rings is 1. The molecule has 0 aliphatic heterocycles. The van der Waals surface area contributed by atoms with Gasteiger partial charge in [0.05, 0.1) is 23.8 Å². The number of rotatable bonds is 5. The highest BCUT2D eigenvalue weighted by molar-refractivity contribution is 5.94. The van der Waals surface area contributed by atoms with Crippen LogP contribution in [0.15, 0.2) is 61.1 Å². The molecule has 0 spiro atoms. The first-order chi connectivity index (χ1) is 13.8. The van der Waals surface area contributed by atoms with Crippen LogP contribution in [0.5, 0.6) is 0 Å². The van der Waals surface area contributed by atoms with Crippen LogP contribution in [-0.2, 0) is 0 Å². The molecule has 0 radical (unpaired) electrons. The van der Waals surface area contributed by atoms with Gasteiger partial charge >= 0.3 is 6.09 Å². The Morgan fingerprint density at radius 2 is 1.62 bits per heavy atom. The van der Waals surface area contributed by atoms with Gasteiger partial charge in [-0.25, -0.2) is 9.78 Å². The van der Waals surface area contributed by atoms with Gasteiger partial charge in [0.2, 0.25) is 0 Å². The molecule has 0 saturated heterocycles. The van der Waals surface area contributed by atoms with E-state index >= 15 is 0 Å². The minimum Gasteiger partial charge on any atom is -0.465 e. The van der Waals surface area contributed by atoms with Crippen LogP contribution in [-0.4, -0.2) is 53.1 Å². The summed E-state index contributed by atoms with van der Waals surface area (Å²) in [6.45, 7) is 0. The van der Waals surface area contributed by atoms with Crippen molar-refractivity contribution in [2.45, 2.75) is 0 Å². The van der Waals surface area contributed by atoms with Gasteiger partial charge in [0.25, 0.3) is 5.91 Å². The van der Waals surface area contributed by atoms with Crippen molar-refractivity contribution in [2.75, 3.05) is 31.4 Å². The van der Waals surface area contributed by atoms with Gasteiger partial charge in [-0.05, 0) is 35.9 Å². The average Bonchev–Trinajstić information content (AvgIpc) is 2.73. The lowest BCUT2D eigenvalue weighted by molar-refractivity contribution is 0.0827. The highest BCUT2D eigenvalue weighted by Crippen LogP contribution is 2.23. The van der Waals surface area contributed by atoms with E-state index in [1.807, 2.05) is 24.3 Å². The summed E-state index contributed by atoms with van der Waals surface area (Å²) in [6.07, 6.45) is 3.73. The summed E-state index contributed by atoms with van der Waals surface area (Å²) in [5.74, 6) is 0.559. The molecule has 2 N–H and O–H groups in total. The Labute approximate surface area is 168 Å². The van der Waals surface area contributed by atoms with E-state index in [-0.39, 0.29) is 5.91 Å². The molecule has 1 aromatic carbocycles. The number of pyridine rings is 2. The molecule has 0 fully saturated rings. The minimum absolute atomic E-state index is 0.0430. The molecule has 8 nitrogen and oxygen atoms in total. The monoisotopic (exact) mass is 391 g/mol. The third-order valence-corrected chi connectivity index (χ3v) is 4.31. The molecular formula is C21H21N5O3. The lowest BCUT2D eigenvalue weighted by atomic mass is 10.1. The smallest absolute Gasteiger partial charge is 0.411 e. The van der Waals surface area contributed by atoms with Crippen LogP contribution in [0.1, 0.15) is 10.4 Å². The van der Waals surface area contributed by atoms with Gasteiger partial charge in [0, 0.05) is 38.5 Å². The van der Waals surface area contributed by atoms with Crippen molar-refractivity contribution < 1.29 is 14.7 Å². The largest absolute Gasteiger partial charge is 0.465 e. The van der Waals surface area contributed by atoms with E-state index in [0.717, 1.165) is 16.0 Å². The summed E-state index contributed by atoms with van der Waals surface area (Å²) in [4.78, 5) is 34.1. The number of hydrogen-bond acceptors (Lipinski definition) is 5. The predicted octanol–water partition coefficient (Wildman–Crippen LogP) is 3.70. The van der Waals surface area contributed by atoms with Crippen LogP contribution >= 0.6 is 0 Å². The number of hydrogen-bond donors (Lipinski definition) is 2. The topological polar surface area (TPSA) is 98.7 Å². The summed E-state index contributed by atoms with van der Waals surface area (Å²) in [5, 5.41) is 12.2. The Kier molecular flexibility index (Phi) is 5.73. The van der Waals surface area contributed by atoms with E-state index < -0.39 is 6.09 Å². The molecule has 2 aromatic heterocycles. The summed E-state index contributed by atoms with van der Waals surface area (Å²) in [5.41, 5.74) is 3.57. The van der Waals surface area contributed by atoms with Gasteiger partial charge < -0.3 is 15.3 Å². The molecule has 0 unspecified atom stereocenters. The third kappa shape index (κ3) is 4.67. The van der Waals surface area contributed by atoms with Gasteiger partial charge in [-0.15, -0.1) is 0 Å². The Hall–Kier alpha value is -3.94. The van der Waals surface area contributed by atoms with E-state index in [2.05, 4.69) is 15.3 Å². The second-order valence-corrected chi connectivity index (χ2v) is 6.61. The Balaban J connectivity index is 1.73. The van der Waals surface area contributed by atoms with E-state index in [0.29, 0.717) is 22.8 Å². The van der Waals surface area contributed by atoms with Gasteiger partial charge in [-0.1, -0.05) is 12.1 Å². The van der Waals surface area contributed by atoms with Crippen LogP contribution in [0.3, 0.4) is 0 Å². The normalized spacial score (nSPS) is 10.3. The highest BCUT2D eigenvalue weighted by Gasteiger charge is 2.10. The van der Waals surface area contributed by atoms with Crippen LogP contribution in [0, 0.1) is 0 Å². The van der Waals surface area contributed by atoms with Crippen LogP contribution in [0.25, 0.3) is 11.1 Å². The van der Waals surface area contributed by atoms with Crippen molar-refractivity contribution in [1.29, 1.82) is 0 Å². The van der Waals surface area contributed by atoms with Crippen LogP contribution in [0.4, 0.5) is 22.0 Å². The van der Waals surface area contributed by atoms with E-state index in [4.69, 9.17) is 5.11 Å². The summed E-state index contributed by atoms with van der Waals surface area (Å²) in [7, 11) is 4.89. The second-order valence-electron chi connectivity index (χ2n) is 6.61. The molecule has 2 heterocycles. The fourth-order valence-corrected chi connectivity index (χ4v) is 2.64. The standard InChI is InChI=1S/C21H21N5O3/c1-25(2)20(27)15-6-4-14(5-7-15)16-8-9-19(23-11-16)24-17-10-18(13-22-12-17)26(3)21(28)29/h4-13H,1-3H3,(H,23,24)(H,28,29). The van der Waals surface area contributed by atoms with Crippen LogP contribution in [0.2, 0.25) is 0 Å². The summed E-state index contributed by atoms with van der Waals surface area (Å²) < 4.78 is 0. The van der Waals surface area contributed by atoms with E-state index in [1.165, 1.54) is 18.1 Å². The average molecular weight is 391 g/mol. The number of amides is 2. The number of carboxylic acid groups (broad SMARTS) is 1. The molecule has 0 bridgehead atoms. The van der Waals surface area contributed by atoms with Crippen molar-refractivity contribution in [3.63, 3.8) is 0 Å². The quantitative estimate of drug-likeness (QED) is 0.688. The number of carbonyl (C=O) groups is 2. The third-order valence-electron chi connectivity index (χ3n) is 4.31. The van der Waals surface area contributed by atoms with E-state index in [1.54, 1.807) is 44.7 Å². The number of nitrogens with zero attached hydrogens (tertiary/aromatic N) is 4. The van der Waals surface area contributed by atoms with Gasteiger partial charge in [-0.3, -0.25) is 14.7 Å². The lowest BCUT2D eigenvalue weighted by Crippen LogP contribution is -2.23. The molecule has 29 heavy (non-hydrogen) atoms. The maximum absolute atomic E-state index is 12.0. The molecule has 3 rings (SSSR count). The maximum atomic E-state index is 12.0. The molecule has 2 amide bonds. The van der Waals surface area contributed by atoms with Gasteiger partial charge in [0.1, 0.15) is 5.82 Å². The fourth-order valence-electron chi connectivity index (χ4n) is 2.64. The number of nitrogens with one attached hydrogen (secondary N) is 1.